The molecular weight excluding hydrogens is 279 g/mol. The Hall–Kier alpha value is -0.690. The monoisotopic (exact) mass is 292 g/mol. The van der Waals surface area contributed by atoms with Gasteiger partial charge in [-0.15, -0.1) is 0 Å². The molecule has 0 aliphatic carbocycles. The van der Waals surface area contributed by atoms with Gasteiger partial charge in [0.05, 0.1) is 19.3 Å². The molecule has 1 aromatic heterocycles. The molecule has 8 heteroatoms. The topological polar surface area (TPSA) is 71.4 Å². The molecule has 0 aromatic carbocycles. The van der Waals surface area contributed by atoms with Gasteiger partial charge in [0.25, 0.3) is 0 Å². The Morgan fingerprint density at radius 2 is 1.78 bits per heavy atom. The van der Waals surface area contributed by atoms with E-state index in [-0.39, 0.29) is 23.3 Å². The van der Waals surface area contributed by atoms with Crippen molar-refractivity contribution in [1.82, 2.24) is 15.0 Å². The first-order valence-electron chi connectivity index (χ1n) is 5.73. The average molecular weight is 293 g/mol. The van der Waals surface area contributed by atoms with Crippen molar-refractivity contribution in [3.63, 3.8) is 0 Å². The quantitative estimate of drug-likeness (QED) is 0.898. The van der Waals surface area contributed by atoms with Crippen molar-refractivity contribution in [2.75, 3.05) is 31.2 Å². The van der Waals surface area contributed by atoms with Crippen LogP contribution >= 0.6 is 23.2 Å². The molecule has 0 radical (unpaired) electrons. The highest BCUT2D eigenvalue weighted by Gasteiger charge is 2.22. The number of hydrogen-bond donors (Lipinski definition) is 1. The highest BCUT2D eigenvalue weighted by atomic mass is 35.5. The minimum Gasteiger partial charge on any atom is -0.394 e. The number of aromatic nitrogens is 3. The third-order valence-corrected chi connectivity index (χ3v) is 3.08. The maximum Gasteiger partial charge on any atom is 0.230 e. The van der Waals surface area contributed by atoms with Crippen LogP contribution in [0.5, 0.6) is 0 Å². The van der Waals surface area contributed by atoms with E-state index in [4.69, 9.17) is 33.0 Å². The minimum atomic E-state index is 0.0545. The zero-order valence-corrected chi connectivity index (χ0v) is 11.2. The molecule has 0 bridgehead atoms. The van der Waals surface area contributed by atoms with Crippen LogP contribution in [0, 0.1) is 0 Å². The average Bonchev–Trinajstić information content (AvgIpc) is 2.36. The van der Waals surface area contributed by atoms with Crippen molar-refractivity contribution in [2.24, 2.45) is 0 Å². The zero-order chi connectivity index (χ0) is 13.0. The number of aliphatic hydroxyl groups excluding tert-OH is 1. The molecule has 0 spiro atoms. The van der Waals surface area contributed by atoms with Gasteiger partial charge < -0.3 is 14.7 Å². The molecule has 18 heavy (non-hydrogen) atoms. The van der Waals surface area contributed by atoms with Crippen LogP contribution in [-0.2, 0) is 4.74 Å². The lowest BCUT2D eigenvalue weighted by Gasteiger charge is -2.31. The van der Waals surface area contributed by atoms with Gasteiger partial charge in [-0.1, -0.05) is 0 Å². The van der Waals surface area contributed by atoms with E-state index < -0.39 is 0 Å². The van der Waals surface area contributed by atoms with Gasteiger partial charge >= 0.3 is 0 Å². The van der Waals surface area contributed by atoms with Crippen LogP contribution in [0.3, 0.4) is 0 Å². The van der Waals surface area contributed by atoms with E-state index in [1.807, 2.05) is 4.90 Å². The summed E-state index contributed by atoms with van der Waals surface area (Å²) in [6.07, 6.45) is 1.91. The van der Waals surface area contributed by atoms with Gasteiger partial charge in [0.2, 0.25) is 16.5 Å². The number of halogens is 2. The summed E-state index contributed by atoms with van der Waals surface area (Å²) in [5.74, 6) is 0.501. The second-order valence-corrected chi connectivity index (χ2v) is 4.63. The van der Waals surface area contributed by atoms with E-state index >= 15 is 0 Å². The summed E-state index contributed by atoms with van der Waals surface area (Å²) in [6.45, 7) is 1.98. The summed E-state index contributed by atoms with van der Waals surface area (Å²) in [5, 5.41) is 8.90. The molecule has 6 nitrogen and oxygen atoms in total. The molecule has 0 amide bonds. The Bertz CT molecular complexity index is 379. The summed E-state index contributed by atoms with van der Waals surface area (Å²) >= 11 is 11.5. The van der Waals surface area contributed by atoms with Crippen LogP contribution in [0.4, 0.5) is 5.95 Å². The van der Waals surface area contributed by atoms with Crippen LogP contribution in [0.2, 0.25) is 10.6 Å². The highest BCUT2D eigenvalue weighted by Crippen LogP contribution is 2.20. The largest absolute Gasteiger partial charge is 0.394 e. The normalized spacial score (nSPS) is 17.2. The van der Waals surface area contributed by atoms with E-state index in [0.717, 1.165) is 25.9 Å². The summed E-state index contributed by atoms with van der Waals surface area (Å²) in [4.78, 5) is 13.8. The Balaban J connectivity index is 1.92. The highest BCUT2D eigenvalue weighted by molar-refractivity contribution is 6.31. The number of ether oxygens (including phenoxy) is 1. The van der Waals surface area contributed by atoms with E-state index in [1.165, 1.54) is 0 Å². The molecule has 2 rings (SSSR count). The molecule has 0 saturated carbocycles. The number of nitrogens with zero attached hydrogens (tertiary/aromatic N) is 4. The van der Waals surface area contributed by atoms with Crippen molar-refractivity contribution in [2.45, 2.75) is 18.9 Å². The predicted octanol–water partition coefficient (Wildman–Crippen LogP) is 1.16. The summed E-state index contributed by atoms with van der Waals surface area (Å²) in [7, 11) is 0. The maximum absolute atomic E-state index is 8.70. The third-order valence-electron chi connectivity index (χ3n) is 2.74. The Labute approximate surface area is 115 Å². The molecule has 1 aliphatic heterocycles. The van der Waals surface area contributed by atoms with Crippen molar-refractivity contribution in [1.29, 1.82) is 0 Å². The van der Waals surface area contributed by atoms with E-state index in [0.29, 0.717) is 12.6 Å². The van der Waals surface area contributed by atoms with Crippen molar-refractivity contribution in [3.05, 3.63) is 10.6 Å². The van der Waals surface area contributed by atoms with Crippen LogP contribution in [0.1, 0.15) is 12.8 Å². The number of aliphatic hydroxyl groups is 1. The van der Waals surface area contributed by atoms with Crippen molar-refractivity contribution >= 4 is 29.2 Å². The summed E-state index contributed by atoms with van der Waals surface area (Å²) < 4.78 is 5.48. The van der Waals surface area contributed by atoms with Gasteiger partial charge in [-0.2, -0.15) is 15.0 Å². The van der Waals surface area contributed by atoms with Crippen LogP contribution in [-0.4, -0.2) is 52.5 Å². The van der Waals surface area contributed by atoms with Crippen LogP contribution < -0.4 is 4.90 Å². The number of rotatable bonds is 4. The maximum atomic E-state index is 8.70. The fraction of sp³-hybridized carbons (Fsp3) is 0.700. The van der Waals surface area contributed by atoms with Crippen molar-refractivity contribution in [3.8, 4) is 0 Å². The van der Waals surface area contributed by atoms with Gasteiger partial charge in [-0.05, 0) is 36.0 Å². The van der Waals surface area contributed by atoms with E-state index in [1.54, 1.807) is 0 Å². The molecule has 1 aliphatic rings. The number of anilines is 1. The predicted molar refractivity (Wildman–Crippen MR) is 68.1 cm³/mol. The lowest BCUT2D eigenvalue weighted by molar-refractivity contribution is 0.0157. The first kappa shape index (κ1) is 13.7. The number of piperidine rings is 1. The minimum absolute atomic E-state index is 0.0545. The molecular formula is C10H14Cl2N4O2. The van der Waals surface area contributed by atoms with Crippen molar-refractivity contribution < 1.29 is 9.84 Å². The second-order valence-electron chi connectivity index (χ2n) is 3.95. The molecule has 0 unspecified atom stereocenters. The zero-order valence-electron chi connectivity index (χ0n) is 9.72. The fourth-order valence-corrected chi connectivity index (χ4v) is 2.25. The molecule has 2 heterocycles. The van der Waals surface area contributed by atoms with E-state index in [9.17, 15) is 0 Å². The third kappa shape index (κ3) is 3.65. The molecule has 1 N–H and O–H groups in total. The van der Waals surface area contributed by atoms with Gasteiger partial charge in [0.1, 0.15) is 0 Å². The van der Waals surface area contributed by atoms with Gasteiger partial charge in [0, 0.05) is 13.1 Å². The standard InChI is InChI=1S/C10H14Cl2N4O2/c11-8-13-9(12)15-10(14-8)16-3-1-7(2-4-16)18-6-5-17/h7,17H,1-6H2. The first-order valence-corrected chi connectivity index (χ1v) is 6.49. The van der Waals surface area contributed by atoms with Gasteiger partial charge in [0.15, 0.2) is 0 Å². The molecule has 1 saturated heterocycles. The van der Waals surface area contributed by atoms with Gasteiger partial charge in [-0.3, -0.25) is 0 Å². The Kier molecular flexibility index (Phi) is 4.94. The summed E-state index contributed by atoms with van der Waals surface area (Å²) in [5.41, 5.74) is 0. The smallest absolute Gasteiger partial charge is 0.230 e. The lowest BCUT2D eigenvalue weighted by atomic mass is 10.1. The van der Waals surface area contributed by atoms with Crippen LogP contribution in [0.25, 0.3) is 0 Å². The molecule has 1 aromatic rings. The van der Waals surface area contributed by atoms with Gasteiger partial charge in [-0.25, -0.2) is 0 Å². The Morgan fingerprint density at radius 3 is 2.33 bits per heavy atom. The SMILES string of the molecule is OCCOC1CCN(c2nc(Cl)nc(Cl)n2)CC1. The first-order chi connectivity index (χ1) is 8.69. The number of hydrogen-bond acceptors (Lipinski definition) is 6. The van der Waals surface area contributed by atoms with Crippen LogP contribution in [0.15, 0.2) is 0 Å². The lowest BCUT2D eigenvalue weighted by Crippen LogP contribution is -2.38. The molecule has 0 atom stereocenters. The molecule has 1 fully saturated rings. The summed E-state index contributed by atoms with van der Waals surface area (Å²) in [6, 6.07) is 0. The fourth-order valence-electron chi connectivity index (χ4n) is 1.90. The Morgan fingerprint density at radius 1 is 1.17 bits per heavy atom. The molecule has 100 valence electrons. The second kappa shape index (κ2) is 6.47. The van der Waals surface area contributed by atoms with E-state index in [2.05, 4.69) is 15.0 Å².